The predicted octanol–water partition coefficient (Wildman–Crippen LogP) is 4.30. The van der Waals surface area contributed by atoms with Gasteiger partial charge in [-0.1, -0.05) is 23.8 Å². The fourth-order valence-corrected chi connectivity index (χ4v) is 6.18. The smallest absolute Gasteiger partial charge is 0.246 e. The maximum Gasteiger partial charge on any atom is 0.246 e. The molecule has 0 saturated carbocycles. The van der Waals surface area contributed by atoms with Gasteiger partial charge in [0.15, 0.2) is 0 Å². The third-order valence-electron chi connectivity index (χ3n) is 8.93. The van der Waals surface area contributed by atoms with E-state index in [2.05, 4.69) is 76.6 Å². The number of nitrogens with zero attached hydrogens (tertiary/aromatic N) is 5. The maximum absolute atomic E-state index is 13.2. The molecule has 0 N–H and O–H groups in total. The molecule has 220 valence electrons. The predicted molar refractivity (Wildman–Crippen MR) is 169 cm³/mol. The number of hydrogen-bond donors (Lipinski definition) is 0. The summed E-state index contributed by atoms with van der Waals surface area (Å²) in [6.45, 7) is 15.5. The molecule has 41 heavy (non-hydrogen) atoms. The molecule has 0 spiro atoms. The Morgan fingerprint density at radius 1 is 0.854 bits per heavy atom. The topological polar surface area (TPSA) is 44.2 Å². The average molecular weight is 558 g/mol. The third kappa shape index (κ3) is 7.39. The third-order valence-corrected chi connectivity index (χ3v) is 8.93. The van der Waals surface area contributed by atoms with Crippen LogP contribution in [0.25, 0.3) is 17.0 Å². The molecular formula is C34H47N5O2. The second-order valence-corrected chi connectivity index (χ2v) is 11.8. The Hall–Kier alpha value is -3.13. The first kappa shape index (κ1) is 29.4. The number of carbonyl (C=O) groups is 1. The minimum absolute atomic E-state index is 0.114. The maximum atomic E-state index is 13.2. The zero-order chi connectivity index (χ0) is 28.8. The van der Waals surface area contributed by atoms with E-state index in [1.807, 2.05) is 17.0 Å². The number of benzene rings is 2. The van der Waals surface area contributed by atoms with Gasteiger partial charge in [0.25, 0.3) is 0 Å². The van der Waals surface area contributed by atoms with E-state index >= 15 is 0 Å². The van der Waals surface area contributed by atoms with Crippen molar-refractivity contribution < 1.29 is 9.53 Å². The first-order valence-corrected chi connectivity index (χ1v) is 15.2. The van der Waals surface area contributed by atoms with Crippen molar-refractivity contribution in [3.8, 4) is 5.75 Å². The van der Waals surface area contributed by atoms with Gasteiger partial charge in [0.2, 0.25) is 5.91 Å². The highest BCUT2D eigenvalue weighted by Crippen LogP contribution is 2.29. The summed E-state index contributed by atoms with van der Waals surface area (Å²) < 4.78 is 7.72. The van der Waals surface area contributed by atoms with Crippen LogP contribution in [-0.4, -0.2) is 110 Å². The van der Waals surface area contributed by atoms with Crippen LogP contribution in [0.3, 0.4) is 0 Å². The van der Waals surface area contributed by atoms with Crippen LogP contribution in [0, 0.1) is 13.8 Å². The van der Waals surface area contributed by atoms with Gasteiger partial charge in [-0.05, 0) is 76.2 Å². The number of likely N-dealkylation sites (N-methyl/N-ethyl adjacent to an activating group) is 1. The van der Waals surface area contributed by atoms with Gasteiger partial charge in [-0.3, -0.25) is 9.69 Å². The number of hydrogen-bond acceptors (Lipinski definition) is 5. The number of fused-ring (bicyclic) bond motifs is 1. The van der Waals surface area contributed by atoms with E-state index in [0.717, 1.165) is 90.6 Å². The minimum Gasteiger partial charge on any atom is -0.497 e. The molecule has 2 saturated heterocycles. The van der Waals surface area contributed by atoms with Crippen LogP contribution in [0.2, 0.25) is 0 Å². The second-order valence-electron chi connectivity index (χ2n) is 11.8. The van der Waals surface area contributed by atoms with Gasteiger partial charge in [0.05, 0.1) is 7.11 Å². The zero-order valence-corrected chi connectivity index (χ0v) is 25.4. The summed E-state index contributed by atoms with van der Waals surface area (Å²) in [6, 6.07) is 15.0. The van der Waals surface area contributed by atoms with Gasteiger partial charge in [-0.2, -0.15) is 0 Å². The van der Waals surface area contributed by atoms with Gasteiger partial charge in [-0.25, -0.2) is 0 Å². The molecule has 2 aliphatic rings. The van der Waals surface area contributed by atoms with E-state index in [9.17, 15) is 4.79 Å². The van der Waals surface area contributed by atoms with Crippen molar-refractivity contribution in [1.29, 1.82) is 0 Å². The van der Waals surface area contributed by atoms with Gasteiger partial charge in [0, 0.05) is 93.7 Å². The largest absolute Gasteiger partial charge is 0.497 e. The number of ether oxygens (including phenoxy) is 1. The van der Waals surface area contributed by atoms with Crippen molar-refractivity contribution in [3.05, 3.63) is 70.9 Å². The standard InChI is InChI=1S/C34H47N5O2/c1-27-6-12-33-32(26-27)31(28(2)39(33)16-5-15-36-20-18-35(3)19-21-36)11-13-34(40)38-24-22-37(23-25-38)17-14-29-7-9-30(41-4)10-8-29/h6-13,26H,5,14-25H2,1-4H3/b13-11+. The van der Waals surface area contributed by atoms with Crippen LogP contribution in [0.1, 0.15) is 28.8 Å². The minimum atomic E-state index is 0.114. The van der Waals surface area contributed by atoms with Crippen molar-refractivity contribution in [1.82, 2.24) is 24.2 Å². The number of aromatic nitrogens is 1. The Bertz CT molecular complexity index is 1330. The molecule has 5 rings (SSSR count). The molecule has 0 unspecified atom stereocenters. The summed E-state index contributed by atoms with van der Waals surface area (Å²) >= 11 is 0. The monoisotopic (exact) mass is 557 g/mol. The summed E-state index contributed by atoms with van der Waals surface area (Å²) in [4.78, 5) is 22.7. The van der Waals surface area contributed by atoms with E-state index in [-0.39, 0.29) is 5.91 Å². The Kier molecular flexibility index (Phi) is 9.80. The lowest BCUT2D eigenvalue weighted by molar-refractivity contribution is -0.127. The van der Waals surface area contributed by atoms with E-state index in [1.54, 1.807) is 13.2 Å². The van der Waals surface area contributed by atoms with Gasteiger partial charge < -0.3 is 24.0 Å². The molecular weight excluding hydrogens is 510 g/mol. The van der Waals surface area contributed by atoms with Crippen LogP contribution in [0.15, 0.2) is 48.5 Å². The highest BCUT2D eigenvalue weighted by atomic mass is 16.5. The molecule has 3 aromatic rings. The van der Waals surface area contributed by atoms with Crippen LogP contribution in [0.5, 0.6) is 5.75 Å². The van der Waals surface area contributed by atoms with E-state index in [0.29, 0.717) is 0 Å². The molecule has 1 amide bonds. The molecule has 0 aliphatic carbocycles. The quantitative estimate of drug-likeness (QED) is 0.348. The molecule has 0 bridgehead atoms. The van der Waals surface area contributed by atoms with E-state index in [4.69, 9.17) is 4.74 Å². The normalized spacial score (nSPS) is 17.6. The Morgan fingerprint density at radius 2 is 1.54 bits per heavy atom. The number of methoxy groups -OCH3 is 1. The fourth-order valence-electron chi connectivity index (χ4n) is 6.18. The number of amides is 1. The summed E-state index contributed by atoms with van der Waals surface area (Å²) in [7, 11) is 3.91. The molecule has 7 heteroatoms. The Labute approximate surface area is 246 Å². The molecule has 1 aromatic heterocycles. The van der Waals surface area contributed by atoms with Crippen LogP contribution < -0.4 is 4.74 Å². The first-order chi connectivity index (χ1) is 19.9. The summed E-state index contributed by atoms with van der Waals surface area (Å²) in [6.07, 6.45) is 6.00. The first-order valence-electron chi connectivity index (χ1n) is 15.2. The molecule has 2 aliphatic heterocycles. The lowest BCUT2D eigenvalue weighted by Crippen LogP contribution is -2.48. The highest BCUT2D eigenvalue weighted by molar-refractivity contribution is 5.97. The van der Waals surface area contributed by atoms with Crippen molar-refractivity contribution in [2.75, 3.05) is 79.6 Å². The van der Waals surface area contributed by atoms with Crippen molar-refractivity contribution in [2.45, 2.75) is 33.2 Å². The second kappa shape index (κ2) is 13.7. The number of aryl methyl sites for hydroxylation is 2. The highest BCUT2D eigenvalue weighted by Gasteiger charge is 2.20. The zero-order valence-electron chi connectivity index (χ0n) is 25.4. The van der Waals surface area contributed by atoms with E-state index in [1.165, 1.54) is 33.3 Å². The summed E-state index contributed by atoms with van der Waals surface area (Å²) in [5.74, 6) is 1.01. The van der Waals surface area contributed by atoms with Crippen LogP contribution in [-0.2, 0) is 17.8 Å². The average Bonchev–Trinajstić information content (AvgIpc) is 3.25. The summed E-state index contributed by atoms with van der Waals surface area (Å²) in [5.41, 5.74) is 6.25. The van der Waals surface area contributed by atoms with Gasteiger partial charge in [0.1, 0.15) is 5.75 Å². The van der Waals surface area contributed by atoms with E-state index < -0.39 is 0 Å². The molecule has 2 fully saturated rings. The van der Waals surface area contributed by atoms with Crippen molar-refractivity contribution in [2.24, 2.45) is 0 Å². The van der Waals surface area contributed by atoms with Crippen molar-refractivity contribution >= 4 is 22.9 Å². The molecule has 0 atom stereocenters. The SMILES string of the molecule is COc1ccc(CCN2CCN(C(=O)/C=C/c3c(C)n(CCCN4CCN(C)CC4)c4ccc(C)cc34)CC2)cc1. The number of piperazine rings is 2. The van der Waals surface area contributed by atoms with Crippen LogP contribution >= 0.6 is 0 Å². The van der Waals surface area contributed by atoms with Gasteiger partial charge >= 0.3 is 0 Å². The molecule has 0 radical (unpaired) electrons. The summed E-state index contributed by atoms with van der Waals surface area (Å²) in [5, 5.41) is 1.24. The van der Waals surface area contributed by atoms with Gasteiger partial charge in [-0.15, -0.1) is 0 Å². The fraction of sp³-hybridized carbons (Fsp3) is 0.500. The van der Waals surface area contributed by atoms with Crippen molar-refractivity contribution in [3.63, 3.8) is 0 Å². The lowest BCUT2D eigenvalue weighted by atomic mass is 10.1. The van der Waals surface area contributed by atoms with Crippen LogP contribution in [0.4, 0.5) is 0 Å². The Morgan fingerprint density at radius 3 is 2.24 bits per heavy atom. The lowest BCUT2D eigenvalue weighted by Gasteiger charge is -2.34. The Balaban J connectivity index is 1.17. The molecule has 7 nitrogen and oxygen atoms in total. The number of carbonyl (C=O) groups excluding carboxylic acids is 1. The number of rotatable bonds is 10. The molecule has 3 heterocycles. The molecule has 2 aromatic carbocycles.